The number of aryl methyl sites for hydroxylation is 3. The highest BCUT2D eigenvalue weighted by molar-refractivity contribution is 6.30. The molecule has 27 heavy (non-hydrogen) atoms. The fraction of sp³-hybridized carbons (Fsp3) is 0.350. The highest BCUT2D eigenvalue weighted by Gasteiger charge is 2.12. The zero-order valence-electron chi connectivity index (χ0n) is 15.8. The van der Waals surface area contributed by atoms with Crippen molar-refractivity contribution in [2.75, 3.05) is 13.2 Å². The predicted molar refractivity (Wildman–Crippen MR) is 105 cm³/mol. The number of nitrogens with zero attached hydrogens (tertiary/aromatic N) is 3. The molecule has 0 bridgehead atoms. The van der Waals surface area contributed by atoms with Gasteiger partial charge in [-0.15, -0.1) is 0 Å². The Balaban J connectivity index is 1.49. The molecule has 0 saturated heterocycles. The maximum Gasteiger partial charge on any atom is 0.220 e. The molecule has 0 fully saturated rings. The minimum Gasteiger partial charge on any atom is -0.492 e. The Bertz CT molecular complexity index is 951. The maximum absolute atomic E-state index is 12.1. The van der Waals surface area contributed by atoms with E-state index in [1.807, 2.05) is 31.4 Å². The second-order valence-electron chi connectivity index (χ2n) is 6.47. The summed E-state index contributed by atoms with van der Waals surface area (Å²) in [6.07, 6.45) is 1.03. The number of ether oxygens (including phenoxy) is 1. The van der Waals surface area contributed by atoms with Gasteiger partial charge < -0.3 is 10.1 Å². The Hall–Kier alpha value is -2.60. The summed E-state index contributed by atoms with van der Waals surface area (Å²) in [4.78, 5) is 16.7. The molecule has 1 amide bonds. The minimum atomic E-state index is -0.00903. The summed E-state index contributed by atoms with van der Waals surface area (Å²) in [5.74, 6) is 0.721. The zero-order valence-corrected chi connectivity index (χ0v) is 16.5. The third-order valence-corrected chi connectivity index (χ3v) is 4.65. The number of amides is 1. The number of hydrogen-bond acceptors (Lipinski definition) is 4. The van der Waals surface area contributed by atoms with Gasteiger partial charge in [-0.1, -0.05) is 11.6 Å². The minimum absolute atomic E-state index is 0.00903. The van der Waals surface area contributed by atoms with Crippen LogP contribution < -0.4 is 10.1 Å². The highest BCUT2D eigenvalue weighted by Crippen LogP contribution is 2.17. The van der Waals surface area contributed by atoms with E-state index in [2.05, 4.69) is 15.4 Å². The number of nitrogens with one attached hydrogen (secondary N) is 1. The van der Waals surface area contributed by atoms with Crippen LogP contribution in [0.1, 0.15) is 29.1 Å². The second kappa shape index (κ2) is 8.39. The molecule has 1 aromatic carbocycles. The summed E-state index contributed by atoms with van der Waals surface area (Å²) < 4.78 is 7.41. The van der Waals surface area contributed by atoms with Crippen molar-refractivity contribution < 1.29 is 9.53 Å². The van der Waals surface area contributed by atoms with Gasteiger partial charge in [0, 0.05) is 28.9 Å². The van der Waals surface area contributed by atoms with Crippen molar-refractivity contribution in [3.8, 4) is 5.75 Å². The number of hydrogen-bond donors (Lipinski definition) is 1. The van der Waals surface area contributed by atoms with Crippen LogP contribution in [-0.4, -0.2) is 33.7 Å². The number of aromatic nitrogens is 3. The summed E-state index contributed by atoms with van der Waals surface area (Å²) in [7, 11) is 0. The lowest BCUT2D eigenvalue weighted by atomic mass is 10.1. The molecule has 1 N–H and O–H groups in total. The Morgan fingerprint density at radius 1 is 1.22 bits per heavy atom. The van der Waals surface area contributed by atoms with E-state index in [-0.39, 0.29) is 5.91 Å². The lowest BCUT2D eigenvalue weighted by Gasteiger charge is -2.11. The number of carbonyl (C=O) groups excluding carboxylic acids is 1. The van der Waals surface area contributed by atoms with Gasteiger partial charge in [-0.2, -0.15) is 5.10 Å². The fourth-order valence-electron chi connectivity index (χ4n) is 3.02. The molecule has 7 heteroatoms. The van der Waals surface area contributed by atoms with E-state index in [1.165, 1.54) is 0 Å². The van der Waals surface area contributed by atoms with Gasteiger partial charge in [0.25, 0.3) is 0 Å². The lowest BCUT2D eigenvalue weighted by molar-refractivity contribution is -0.121. The molecule has 0 unspecified atom stereocenters. The Morgan fingerprint density at radius 2 is 1.96 bits per heavy atom. The van der Waals surface area contributed by atoms with Crippen molar-refractivity contribution in [2.24, 2.45) is 0 Å². The smallest absolute Gasteiger partial charge is 0.220 e. The largest absolute Gasteiger partial charge is 0.492 e. The molecule has 0 aliphatic rings. The van der Waals surface area contributed by atoms with Crippen LogP contribution in [-0.2, 0) is 11.2 Å². The van der Waals surface area contributed by atoms with Crippen molar-refractivity contribution in [3.05, 3.63) is 58.0 Å². The van der Waals surface area contributed by atoms with E-state index in [1.54, 1.807) is 24.3 Å². The molecule has 0 aliphatic heterocycles. The van der Waals surface area contributed by atoms with Crippen molar-refractivity contribution >= 4 is 23.2 Å². The Morgan fingerprint density at radius 3 is 2.70 bits per heavy atom. The maximum atomic E-state index is 12.1. The molecule has 2 aromatic heterocycles. The molecule has 2 heterocycles. The molecule has 0 aliphatic carbocycles. The molecule has 3 aromatic rings. The zero-order chi connectivity index (χ0) is 19.4. The summed E-state index contributed by atoms with van der Waals surface area (Å²) in [5.41, 5.74) is 4.82. The predicted octanol–water partition coefficient (Wildman–Crippen LogP) is 3.44. The molecule has 6 nitrogen and oxygen atoms in total. The molecule has 0 radical (unpaired) electrons. The first kappa shape index (κ1) is 19.2. The van der Waals surface area contributed by atoms with E-state index < -0.39 is 0 Å². The SMILES string of the molecule is Cc1cc2nc(C)c(CCC(=O)NCCOc3ccc(Cl)cc3)c(C)n2n1. The van der Waals surface area contributed by atoms with Gasteiger partial charge in [-0.3, -0.25) is 4.79 Å². The Labute approximate surface area is 163 Å². The van der Waals surface area contributed by atoms with Gasteiger partial charge in [0.15, 0.2) is 5.65 Å². The molecule has 0 atom stereocenters. The first-order valence-corrected chi connectivity index (χ1v) is 9.29. The topological polar surface area (TPSA) is 68.5 Å². The lowest BCUT2D eigenvalue weighted by Crippen LogP contribution is -2.28. The second-order valence-corrected chi connectivity index (χ2v) is 6.91. The highest BCUT2D eigenvalue weighted by atomic mass is 35.5. The number of fused-ring (bicyclic) bond motifs is 1. The number of carbonyl (C=O) groups is 1. The van der Waals surface area contributed by atoms with Gasteiger partial charge in [0.05, 0.1) is 12.2 Å². The van der Waals surface area contributed by atoms with Crippen molar-refractivity contribution in [1.29, 1.82) is 0 Å². The standard InChI is InChI=1S/C20H23ClN4O2/c1-13-12-19-23-14(2)18(15(3)25(19)24-13)8-9-20(26)22-10-11-27-17-6-4-16(21)5-7-17/h4-7,12H,8-11H2,1-3H3,(H,22,26). The average Bonchev–Trinajstić information content (AvgIpc) is 3.00. The number of rotatable bonds is 7. The van der Waals surface area contributed by atoms with Crippen LogP contribution in [0.15, 0.2) is 30.3 Å². The van der Waals surface area contributed by atoms with Crippen LogP contribution in [0.2, 0.25) is 5.02 Å². The summed E-state index contributed by atoms with van der Waals surface area (Å²) >= 11 is 5.83. The van der Waals surface area contributed by atoms with Crippen molar-refractivity contribution in [2.45, 2.75) is 33.6 Å². The first-order chi connectivity index (χ1) is 12.9. The van der Waals surface area contributed by atoms with Gasteiger partial charge in [-0.25, -0.2) is 9.50 Å². The van der Waals surface area contributed by atoms with Crippen LogP contribution in [0, 0.1) is 20.8 Å². The van der Waals surface area contributed by atoms with Crippen molar-refractivity contribution in [1.82, 2.24) is 19.9 Å². The summed E-state index contributed by atoms with van der Waals surface area (Å²) in [6.45, 7) is 6.80. The van der Waals surface area contributed by atoms with Gasteiger partial charge in [-0.05, 0) is 57.0 Å². The first-order valence-electron chi connectivity index (χ1n) is 8.91. The summed E-state index contributed by atoms with van der Waals surface area (Å²) in [6, 6.07) is 9.10. The van der Waals surface area contributed by atoms with Crippen LogP contribution in [0.5, 0.6) is 5.75 Å². The fourth-order valence-corrected chi connectivity index (χ4v) is 3.15. The third-order valence-electron chi connectivity index (χ3n) is 4.39. The van der Waals surface area contributed by atoms with E-state index in [0.717, 1.165) is 34.0 Å². The number of benzene rings is 1. The van der Waals surface area contributed by atoms with Crippen LogP contribution in [0.4, 0.5) is 0 Å². The summed E-state index contributed by atoms with van der Waals surface area (Å²) in [5, 5.41) is 8.01. The van der Waals surface area contributed by atoms with E-state index in [4.69, 9.17) is 16.3 Å². The van der Waals surface area contributed by atoms with E-state index in [9.17, 15) is 4.79 Å². The quantitative estimate of drug-likeness (QED) is 0.631. The molecule has 0 spiro atoms. The Kier molecular flexibility index (Phi) is 5.96. The van der Waals surface area contributed by atoms with Gasteiger partial charge in [0.2, 0.25) is 5.91 Å². The normalized spacial score (nSPS) is 11.0. The molecular formula is C20H23ClN4O2. The molecular weight excluding hydrogens is 364 g/mol. The van der Waals surface area contributed by atoms with Crippen molar-refractivity contribution in [3.63, 3.8) is 0 Å². The van der Waals surface area contributed by atoms with E-state index in [0.29, 0.717) is 31.0 Å². The third kappa shape index (κ3) is 4.77. The van der Waals surface area contributed by atoms with Gasteiger partial charge in [0.1, 0.15) is 12.4 Å². The molecule has 3 rings (SSSR count). The average molecular weight is 387 g/mol. The monoisotopic (exact) mass is 386 g/mol. The van der Waals surface area contributed by atoms with Crippen LogP contribution in [0.3, 0.4) is 0 Å². The molecule has 142 valence electrons. The van der Waals surface area contributed by atoms with E-state index >= 15 is 0 Å². The number of halogens is 1. The molecule has 0 saturated carbocycles. The van der Waals surface area contributed by atoms with Crippen LogP contribution >= 0.6 is 11.6 Å². The van der Waals surface area contributed by atoms with Gasteiger partial charge >= 0.3 is 0 Å². The van der Waals surface area contributed by atoms with Crippen LogP contribution in [0.25, 0.3) is 5.65 Å².